The molecule has 0 aliphatic carbocycles. The molecule has 1 aliphatic rings. The number of ether oxygens (including phenoxy) is 1. The van der Waals surface area contributed by atoms with E-state index in [1.807, 2.05) is 60.7 Å². The normalized spacial score (nSPS) is 13.1. The third-order valence-electron chi connectivity index (χ3n) is 6.36. The zero-order valence-electron chi connectivity index (χ0n) is 18.1. The number of fused-ring (bicyclic) bond motifs is 1. The summed E-state index contributed by atoms with van der Waals surface area (Å²) >= 11 is 0. The molecular formula is C27H30N2O2. The second-order valence-electron chi connectivity index (χ2n) is 8.35. The number of nitrogens with two attached hydrogens (primary N) is 1. The van der Waals surface area contributed by atoms with Gasteiger partial charge in [0.1, 0.15) is 5.75 Å². The number of hydrogen-bond acceptors (Lipinski definition) is 3. The van der Waals surface area contributed by atoms with Gasteiger partial charge in [-0.25, -0.2) is 0 Å². The van der Waals surface area contributed by atoms with Crippen molar-refractivity contribution in [3.05, 3.63) is 101 Å². The lowest BCUT2D eigenvalue weighted by Gasteiger charge is -2.33. The Labute approximate surface area is 184 Å². The monoisotopic (exact) mass is 414 g/mol. The molecule has 160 valence electrons. The second kappa shape index (κ2) is 9.36. The van der Waals surface area contributed by atoms with E-state index in [1.165, 1.54) is 11.1 Å². The van der Waals surface area contributed by atoms with Crippen molar-refractivity contribution in [3.63, 3.8) is 0 Å². The zero-order valence-corrected chi connectivity index (χ0v) is 18.1. The van der Waals surface area contributed by atoms with E-state index in [-0.39, 0.29) is 5.91 Å². The molecule has 4 heteroatoms. The number of benzene rings is 3. The van der Waals surface area contributed by atoms with Crippen molar-refractivity contribution in [2.24, 2.45) is 5.73 Å². The highest BCUT2D eigenvalue weighted by molar-refractivity contribution is 5.90. The molecule has 0 saturated heterocycles. The number of carbonyl (C=O) groups excluding carboxylic acids is 1. The second-order valence-corrected chi connectivity index (χ2v) is 8.35. The van der Waals surface area contributed by atoms with E-state index < -0.39 is 5.41 Å². The maximum atomic E-state index is 12.9. The summed E-state index contributed by atoms with van der Waals surface area (Å²) in [6.07, 6.45) is 2.59. The molecule has 1 heterocycles. The minimum absolute atomic E-state index is 0.308. The standard InChI is InChI=1S/C27H30N2O2/c1-29(17-14-21-12-13-25-22(20-21)15-19-31-25)18-16-27(26(28)30,23-8-4-2-5-9-23)24-10-6-3-7-11-24/h2-13,20H,14-19H2,1H3,(H2,28,30). The van der Waals surface area contributed by atoms with Crippen molar-refractivity contribution < 1.29 is 9.53 Å². The van der Waals surface area contributed by atoms with Crippen molar-refractivity contribution in [2.75, 3.05) is 26.7 Å². The average Bonchev–Trinajstić information content (AvgIpc) is 3.27. The van der Waals surface area contributed by atoms with E-state index in [9.17, 15) is 4.79 Å². The van der Waals surface area contributed by atoms with Crippen molar-refractivity contribution >= 4 is 5.91 Å². The van der Waals surface area contributed by atoms with Gasteiger partial charge in [0, 0.05) is 13.0 Å². The quantitative estimate of drug-likeness (QED) is 0.577. The van der Waals surface area contributed by atoms with Crippen molar-refractivity contribution in [2.45, 2.75) is 24.7 Å². The van der Waals surface area contributed by atoms with Crippen LogP contribution in [0.15, 0.2) is 78.9 Å². The fourth-order valence-corrected chi connectivity index (χ4v) is 4.49. The van der Waals surface area contributed by atoms with Gasteiger partial charge >= 0.3 is 0 Å². The molecule has 4 rings (SSSR count). The van der Waals surface area contributed by atoms with Gasteiger partial charge in [0.25, 0.3) is 0 Å². The van der Waals surface area contributed by atoms with E-state index in [0.29, 0.717) is 6.42 Å². The third kappa shape index (κ3) is 4.49. The largest absolute Gasteiger partial charge is 0.493 e. The number of hydrogen-bond donors (Lipinski definition) is 1. The Balaban J connectivity index is 1.49. The average molecular weight is 415 g/mol. The summed E-state index contributed by atoms with van der Waals surface area (Å²) in [6.45, 7) is 2.46. The van der Waals surface area contributed by atoms with Gasteiger partial charge in [-0.15, -0.1) is 0 Å². The number of nitrogens with zero attached hydrogens (tertiary/aromatic N) is 1. The Bertz CT molecular complexity index is 978. The topological polar surface area (TPSA) is 55.6 Å². The maximum absolute atomic E-state index is 12.9. The Kier molecular flexibility index (Phi) is 6.38. The van der Waals surface area contributed by atoms with Crippen LogP contribution in [0, 0.1) is 0 Å². The highest BCUT2D eigenvalue weighted by atomic mass is 16.5. The fraction of sp³-hybridized carbons (Fsp3) is 0.296. The van der Waals surface area contributed by atoms with E-state index in [4.69, 9.17) is 10.5 Å². The van der Waals surface area contributed by atoms with Gasteiger partial charge in [0.05, 0.1) is 12.0 Å². The van der Waals surface area contributed by atoms with Gasteiger partial charge in [0.2, 0.25) is 5.91 Å². The summed E-state index contributed by atoms with van der Waals surface area (Å²) in [7, 11) is 2.11. The molecule has 0 aromatic heterocycles. The summed E-state index contributed by atoms with van der Waals surface area (Å²) in [4.78, 5) is 15.2. The van der Waals surface area contributed by atoms with Crippen LogP contribution in [0.5, 0.6) is 5.75 Å². The predicted molar refractivity (Wildman–Crippen MR) is 124 cm³/mol. The first-order valence-electron chi connectivity index (χ1n) is 10.9. The lowest BCUT2D eigenvalue weighted by Crippen LogP contribution is -2.44. The molecule has 0 atom stereocenters. The number of likely N-dealkylation sites (N-methyl/N-ethyl adjacent to an activating group) is 1. The molecular weight excluding hydrogens is 384 g/mol. The zero-order chi connectivity index (χ0) is 21.7. The molecule has 0 unspecified atom stereocenters. The van der Waals surface area contributed by atoms with E-state index >= 15 is 0 Å². The van der Waals surface area contributed by atoms with Crippen LogP contribution >= 0.6 is 0 Å². The Morgan fingerprint density at radius 3 is 2.23 bits per heavy atom. The minimum atomic E-state index is -0.846. The first kappa shape index (κ1) is 21.1. The SMILES string of the molecule is CN(CCc1ccc2c(c1)CCO2)CCC(C(N)=O)(c1ccccc1)c1ccccc1. The lowest BCUT2D eigenvalue weighted by atomic mass is 9.71. The van der Waals surface area contributed by atoms with Crippen LogP contribution in [0.25, 0.3) is 0 Å². The lowest BCUT2D eigenvalue weighted by molar-refractivity contribution is -0.122. The number of primary amides is 1. The fourth-order valence-electron chi connectivity index (χ4n) is 4.49. The first-order valence-corrected chi connectivity index (χ1v) is 10.9. The van der Waals surface area contributed by atoms with E-state index in [2.05, 4.69) is 30.1 Å². The van der Waals surface area contributed by atoms with Gasteiger partial charge in [0.15, 0.2) is 0 Å². The molecule has 4 nitrogen and oxygen atoms in total. The van der Waals surface area contributed by atoms with Crippen LogP contribution in [0.1, 0.15) is 28.7 Å². The Morgan fingerprint density at radius 1 is 0.968 bits per heavy atom. The van der Waals surface area contributed by atoms with Gasteiger partial charge in [-0.05, 0) is 54.8 Å². The summed E-state index contributed by atoms with van der Waals surface area (Å²) in [5.74, 6) is 0.714. The molecule has 1 aliphatic heterocycles. The maximum Gasteiger partial charge on any atom is 0.232 e. The molecule has 1 amide bonds. The van der Waals surface area contributed by atoms with Crippen LogP contribution < -0.4 is 10.5 Å². The number of rotatable bonds is 9. The van der Waals surface area contributed by atoms with Gasteiger partial charge in [-0.3, -0.25) is 4.79 Å². The van der Waals surface area contributed by atoms with Crippen LogP contribution in [0.2, 0.25) is 0 Å². The third-order valence-corrected chi connectivity index (χ3v) is 6.36. The van der Waals surface area contributed by atoms with Crippen LogP contribution in [0.4, 0.5) is 0 Å². The van der Waals surface area contributed by atoms with Gasteiger partial charge < -0.3 is 15.4 Å². The Hall–Kier alpha value is -3.11. The summed E-state index contributed by atoms with van der Waals surface area (Å²) in [6, 6.07) is 26.3. The van der Waals surface area contributed by atoms with Crippen LogP contribution in [-0.2, 0) is 23.1 Å². The summed E-state index contributed by atoms with van der Waals surface area (Å²) < 4.78 is 5.61. The number of amides is 1. The molecule has 0 bridgehead atoms. The van der Waals surface area contributed by atoms with Gasteiger partial charge in [-0.2, -0.15) is 0 Å². The molecule has 0 saturated carbocycles. The molecule has 0 spiro atoms. The smallest absolute Gasteiger partial charge is 0.232 e. The summed E-state index contributed by atoms with van der Waals surface area (Å²) in [5.41, 5.74) is 9.74. The van der Waals surface area contributed by atoms with E-state index in [0.717, 1.165) is 49.4 Å². The Morgan fingerprint density at radius 2 is 1.61 bits per heavy atom. The first-order chi connectivity index (χ1) is 15.1. The minimum Gasteiger partial charge on any atom is -0.493 e. The molecule has 2 N–H and O–H groups in total. The highest BCUT2D eigenvalue weighted by Crippen LogP contribution is 2.36. The molecule has 3 aromatic rings. The molecule has 0 fully saturated rings. The molecule has 0 radical (unpaired) electrons. The predicted octanol–water partition coefficient (Wildman–Crippen LogP) is 3.96. The summed E-state index contributed by atoms with van der Waals surface area (Å²) in [5, 5.41) is 0. The highest BCUT2D eigenvalue weighted by Gasteiger charge is 2.40. The molecule has 3 aromatic carbocycles. The van der Waals surface area contributed by atoms with Gasteiger partial charge in [-0.1, -0.05) is 72.8 Å². The van der Waals surface area contributed by atoms with Crippen molar-refractivity contribution in [1.82, 2.24) is 4.90 Å². The molecule has 31 heavy (non-hydrogen) atoms. The van der Waals surface area contributed by atoms with Crippen molar-refractivity contribution in [3.8, 4) is 5.75 Å². The van der Waals surface area contributed by atoms with E-state index in [1.54, 1.807) is 0 Å². The van der Waals surface area contributed by atoms with Crippen molar-refractivity contribution in [1.29, 1.82) is 0 Å². The van der Waals surface area contributed by atoms with Crippen LogP contribution in [-0.4, -0.2) is 37.6 Å². The number of carbonyl (C=O) groups is 1. The van der Waals surface area contributed by atoms with Crippen LogP contribution in [0.3, 0.4) is 0 Å².